The van der Waals surface area contributed by atoms with Gasteiger partial charge in [0.15, 0.2) is 5.75 Å². The molecule has 1 aromatic heterocycles. The molecule has 0 amide bonds. The van der Waals surface area contributed by atoms with Crippen molar-refractivity contribution in [3.8, 4) is 5.75 Å². The molecule has 0 aliphatic heterocycles. The molecule has 1 N–H and O–H groups in total. The number of pyridine rings is 1. The predicted octanol–water partition coefficient (Wildman–Crippen LogP) is 8.70. The lowest BCUT2D eigenvalue weighted by Crippen LogP contribution is -2.24. The summed E-state index contributed by atoms with van der Waals surface area (Å²) in [6.45, 7) is 5.60. The van der Waals surface area contributed by atoms with Crippen molar-refractivity contribution in [3.63, 3.8) is 0 Å². The average molecular weight is 566 g/mol. The molecule has 0 saturated heterocycles. The van der Waals surface area contributed by atoms with Crippen LogP contribution in [0.2, 0.25) is 0 Å². The van der Waals surface area contributed by atoms with Gasteiger partial charge in [0.1, 0.15) is 0 Å². The Morgan fingerprint density at radius 1 is 0.829 bits per heavy atom. The summed E-state index contributed by atoms with van der Waals surface area (Å²) in [4.78, 5) is 15.0. The van der Waals surface area contributed by atoms with Crippen LogP contribution < -0.4 is 15.5 Å². The molecule has 0 spiro atoms. The van der Waals surface area contributed by atoms with E-state index in [1.54, 1.807) is 12.3 Å². The van der Waals surface area contributed by atoms with Crippen LogP contribution in [0, 0.1) is 0 Å². The second-order valence-electron chi connectivity index (χ2n) is 11.8. The van der Waals surface area contributed by atoms with E-state index in [1.165, 1.54) is 95.5 Å². The number of ether oxygens (including phenoxy) is 1. The third kappa shape index (κ3) is 17.2. The summed E-state index contributed by atoms with van der Waals surface area (Å²) in [7, 11) is 4.18. The first-order valence-electron chi connectivity index (χ1n) is 16.5. The zero-order valence-corrected chi connectivity index (χ0v) is 26.5. The van der Waals surface area contributed by atoms with E-state index < -0.39 is 0 Å². The van der Waals surface area contributed by atoms with Crippen LogP contribution in [-0.2, 0) is 13.1 Å². The lowest BCUT2D eigenvalue weighted by atomic mass is 10.0. The van der Waals surface area contributed by atoms with Crippen LogP contribution in [0.4, 0.5) is 0 Å². The summed E-state index contributed by atoms with van der Waals surface area (Å²) >= 11 is 0. The van der Waals surface area contributed by atoms with Gasteiger partial charge >= 0.3 is 0 Å². The fourth-order valence-corrected chi connectivity index (χ4v) is 5.14. The Hall–Kier alpha value is -2.37. The van der Waals surface area contributed by atoms with E-state index in [9.17, 15) is 4.79 Å². The molecule has 0 unspecified atom stereocenters. The number of hydrogen-bond acceptors (Lipinski definition) is 4. The van der Waals surface area contributed by atoms with Crippen LogP contribution in [0.15, 0.2) is 59.7 Å². The average Bonchev–Trinajstić information content (AvgIpc) is 2.96. The Bertz CT molecular complexity index is 984. The molecule has 0 aliphatic rings. The van der Waals surface area contributed by atoms with Gasteiger partial charge in [-0.25, -0.2) is 0 Å². The van der Waals surface area contributed by atoms with E-state index in [4.69, 9.17) is 4.74 Å². The van der Waals surface area contributed by atoms with E-state index in [0.717, 1.165) is 31.6 Å². The Balaban J connectivity index is 1.68. The highest BCUT2D eigenvalue weighted by atomic mass is 16.5. The molecule has 0 bridgehead atoms. The van der Waals surface area contributed by atoms with Gasteiger partial charge in [0.2, 0.25) is 5.43 Å². The maximum Gasteiger partial charge on any atom is 0.224 e. The van der Waals surface area contributed by atoms with Gasteiger partial charge in [0.05, 0.1) is 12.5 Å². The summed E-state index contributed by atoms with van der Waals surface area (Å²) in [5.41, 5.74) is 2.10. The molecular formula is C36H59N3O2. The highest BCUT2D eigenvalue weighted by molar-refractivity contribution is 5.25. The second-order valence-corrected chi connectivity index (χ2v) is 11.8. The lowest BCUT2D eigenvalue weighted by Gasteiger charge is -2.16. The van der Waals surface area contributed by atoms with E-state index >= 15 is 0 Å². The Kier molecular flexibility index (Phi) is 19.7. The molecule has 0 radical (unpaired) electrons. The smallest absolute Gasteiger partial charge is 0.224 e. The van der Waals surface area contributed by atoms with Gasteiger partial charge in [-0.2, -0.15) is 0 Å². The highest BCUT2D eigenvalue weighted by Crippen LogP contribution is 2.14. The molecular weight excluding hydrogens is 506 g/mol. The van der Waals surface area contributed by atoms with Gasteiger partial charge in [-0.1, -0.05) is 121 Å². The van der Waals surface area contributed by atoms with Gasteiger partial charge in [-0.3, -0.25) is 4.79 Å². The molecule has 1 heterocycles. The quantitative estimate of drug-likeness (QED) is 0.0966. The minimum absolute atomic E-state index is 0.0689. The van der Waals surface area contributed by atoms with Crippen molar-refractivity contribution >= 4 is 0 Å². The van der Waals surface area contributed by atoms with Crippen molar-refractivity contribution in [3.05, 3.63) is 76.4 Å². The maximum atomic E-state index is 12.8. The maximum absolute atomic E-state index is 12.8. The first-order valence-corrected chi connectivity index (χ1v) is 16.5. The summed E-state index contributed by atoms with van der Waals surface area (Å²) in [6, 6.07) is 12.1. The number of benzene rings is 1. The Labute approximate surface area is 251 Å². The third-order valence-corrected chi connectivity index (χ3v) is 7.66. The molecule has 0 atom stereocenters. The van der Waals surface area contributed by atoms with E-state index in [0.29, 0.717) is 18.8 Å². The van der Waals surface area contributed by atoms with Crippen LogP contribution in [0.1, 0.15) is 121 Å². The van der Waals surface area contributed by atoms with Crippen molar-refractivity contribution in [1.29, 1.82) is 0 Å². The highest BCUT2D eigenvalue weighted by Gasteiger charge is 2.08. The molecule has 230 valence electrons. The second kappa shape index (κ2) is 23.2. The van der Waals surface area contributed by atoms with Gasteiger partial charge in [0.25, 0.3) is 0 Å². The predicted molar refractivity (Wildman–Crippen MR) is 176 cm³/mol. The topological polar surface area (TPSA) is 46.5 Å². The van der Waals surface area contributed by atoms with Crippen LogP contribution in [0.3, 0.4) is 0 Å². The molecule has 2 aromatic rings. The Morgan fingerprint density at radius 2 is 1.44 bits per heavy atom. The van der Waals surface area contributed by atoms with Gasteiger partial charge in [-0.15, -0.1) is 0 Å². The molecule has 2 rings (SSSR count). The molecule has 5 nitrogen and oxygen atoms in total. The molecule has 5 heteroatoms. The largest absolute Gasteiger partial charge is 0.460 e. The third-order valence-electron chi connectivity index (χ3n) is 7.66. The van der Waals surface area contributed by atoms with Crippen molar-refractivity contribution < 1.29 is 4.74 Å². The van der Waals surface area contributed by atoms with Crippen molar-refractivity contribution in [2.45, 2.75) is 123 Å². The van der Waals surface area contributed by atoms with Gasteiger partial charge in [0, 0.05) is 24.8 Å². The fourth-order valence-electron chi connectivity index (χ4n) is 5.14. The standard InChI is InChI=1S/C36H59N3O2/c1-4-5-6-7-8-9-10-11-12-13-14-15-16-17-18-22-28-41-36-32-39(31-33-24-20-19-21-25-33)34(29-35(36)40)30-37-26-23-27-38(2)3/h19-22,24-25,28-29,32,37H,4-18,23,26-27,30-31H2,1-3H3. The van der Waals surface area contributed by atoms with Crippen LogP contribution in [-0.4, -0.2) is 36.7 Å². The SMILES string of the molecule is CCCCCCCCCCCCCCCCC=COc1cn(Cc2ccccc2)c(CNCCCN(C)C)cc1=O. The number of nitrogens with one attached hydrogen (secondary N) is 1. The number of nitrogens with zero attached hydrogens (tertiary/aromatic N) is 2. The van der Waals surface area contributed by atoms with Crippen molar-refractivity contribution in [2.24, 2.45) is 0 Å². The molecule has 0 saturated carbocycles. The van der Waals surface area contributed by atoms with E-state index in [1.807, 2.05) is 12.3 Å². The van der Waals surface area contributed by atoms with Gasteiger partial charge in [-0.05, 0) is 58.1 Å². The number of allylic oxidation sites excluding steroid dienone is 1. The zero-order valence-electron chi connectivity index (χ0n) is 26.5. The van der Waals surface area contributed by atoms with Gasteiger partial charge < -0.3 is 19.5 Å². The number of aromatic nitrogens is 1. The fraction of sp³-hybridized carbons (Fsp3) is 0.639. The summed E-state index contributed by atoms with van der Waals surface area (Å²) in [5, 5.41) is 3.49. The molecule has 41 heavy (non-hydrogen) atoms. The monoisotopic (exact) mass is 565 g/mol. The molecule has 0 fully saturated rings. The summed E-state index contributed by atoms with van der Waals surface area (Å²) in [6.07, 6.45) is 26.9. The number of rotatable bonds is 25. The molecule has 0 aliphatic carbocycles. The summed E-state index contributed by atoms with van der Waals surface area (Å²) in [5.74, 6) is 0.384. The minimum Gasteiger partial charge on any atom is -0.460 e. The first-order chi connectivity index (χ1) is 20.1. The van der Waals surface area contributed by atoms with E-state index in [2.05, 4.69) is 66.1 Å². The zero-order chi connectivity index (χ0) is 29.4. The number of hydrogen-bond donors (Lipinski definition) is 1. The number of unbranched alkanes of at least 4 members (excludes halogenated alkanes) is 14. The van der Waals surface area contributed by atoms with Crippen LogP contribution in [0.25, 0.3) is 0 Å². The molecule has 1 aromatic carbocycles. The normalized spacial score (nSPS) is 11.6. The minimum atomic E-state index is -0.0689. The Morgan fingerprint density at radius 3 is 2.05 bits per heavy atom. The lowest BCUT2D eigenvalue weighted by molar-refractivity contribution is 0.393. The van der Waals surface area contributed by atoms with Crippen molar-refractivity contribution in [1.82, 2.24) is 14.8 Å². The van der Waals surface area contributed by atoms with E-state index in [-0.39, 0.29) is 5.43 Å². The van der Waals surface area contributed by atoms with Crippen molar-refractivity contribution in [2.75, 3.05) is 27.2 Å². The van der Waals surface area contributed by atoms with Crippen LogP contribution >= 0.6 is 0 Å². The first kappa shape index (κ1) is 34.8. The summed E-state index contributed by atoms with van der Waals surface area (Å²) < 4.78 is 7.95. The van der Waals surface area contributed by atoms with Crippen LogP contribution in [0.5, 0.6) is 5.75 Å².